The molecule has 6 nitrogen and oxygen atoms in total. The summed E-state index contributed by atoms with van der Waals surface area (Å²) in [5.41, 5.74) is 6.58. The third-order valence-corrected chi connectivity index (χ3v) is 3.96. The summed E-state index contributed by atoms with van der Waals surface area (Å²) >= 11 is 0. The smallest absolute Gasteiger partial charge is 0.312 e. The Bertz CT molecular complexity index is 768. The lowest BCUT2D eigenvalue weighted by Gasteiger charge is -2.20. The van der Waals surface area contributed by atoms with Gasteiger partial charge >= 0.3 is 6.03 Å². The first-order valence-electron chi connectivity index (χ1n) is 8.14. The summed E-state index contributed by atoms with van der Waals surface area (Å²) in [5, 5.41) is 5.36. The van der Waals surface area contributed by atoms with E-state index in [1.54, 1.807) is 25.1 Å². The van der Waals surface area contributed by atoms with Crippen molar-refractivity contribution in [2.45, 2.75) is 25.4 Å². The van der Waals surface area contributed by atoms with Gasteiger partial charge in [-0.3, -0.25) is 4.79 Å². The fraction of sp³-hybridized carbons (Fsp3) is 0.263. The van der Waals surface area contributed by atoms with E-state index in [2.05, 4.69) is 10.6 Å². The molecule has 0 saturated carbocycles. The molecule has 138 valence electrons. The van der Waals surface area contributed by atoms with Crippen molar-refractivity contribution in [1.29, 1.82) is 0 Å². The van der Waals surface area contributed by atoms with Gasteiger partial charge in [0.25, 0.3) is 0 Å². The molecule has 0 aliphatic heterocycles. The average Bonchev–Trinajstić information content (AvgIpc) is 2.61. The number of nitrogens with two attached hydrogens (primary N) is 1. The van der Waals surface area contributed by atoms with Crippen molar-refractivity contribution in [2.75, 3.05) is 7.11 Å². The molecular weight excluding hydrogens is 337 g/mol. The first-order chi connectivity index (χ1) is 12.4. The molecule has 0 radical (unpaired) electrons. The van der Waals surface area contributed by atoms with E-state index in [0.717, 1.165) is 5.56 Å². The van der Waals surface area contributed by atoms with Crippen molar-refractivity contribution in [3.05, 3.63) is 65.5 Å². The topological polar surface area (TPSA) is 93.4 Å². The number of hydrogen-bond acceptors (Lipinski definition) is 3. The highest BCUT2D eigenvalue weighted by atomic mass is 19.1. The maximum Gasteiger partial charge on any atom is 0.312 e. The predicted molar refractivity (Wildman–Crippen MR) is 96.0 cm³/mol. The standard InChI is InChI=1S/C19H22FN3O3/c1-12(14-8-9-17(26-2)15(20)10-14)22-18(24)11-16(23-19(21)25)13-6-4-3-5-7-13/h3-10,12,16H,11H2,1-2H3,(H,22,24)(H3,21,23,25)/t12-,16-/m1/s1. The molecule has 2 aromatic carbocycles. The molecule has 0 bridgehead atoms. The van der Waals surface area contributed by atoms with E-state index in [1.165, 1.54) is 19.2 Å². The molecule has 0 heterocycles. The Kier molecular flexibility index (Phi) is 6.54. The van der Waals surface area contributed by atoms with Crippen LogP contribution in [0, 0.1) is 5.82 Å². The van der Waals surface area contributed by atoms with Gasteiger partial charge < -0.3 is 21.1 Å². The van der Waals surface area contributed by atoms with Crippen LogP contribution in [-0.2, 0) is 4.79 Å². The third kappa shape index (κ3) is 5.20. The Morgan fingerprint density at radius 3 is 2.38 bits per heavy atom. The van der Waals surface area contributed by atoms with Crippen LogP contribution >= 0.6 is 0 Å². The number of nitrogens with one attached hydrogen (secondary N) is 2. The fourth-order valence-corrected chi connectivity index (χ4v) is 2.63. The van der Waals surface area contributed by atoms with E-state index in [0.29, 0.717) is 5.56 Å². The number of carbonyl (C=O) groups excluding carboxylic acids is 2. The van der Waals surface area contributed by atoms with Crippen LogP contribution in [-0.4, -0.2) is 19.0 Å². The lowest BCUT2D eigenvalue weighted by molar-refractivity contribution is -0.122. The van der Waals surface area contributed by atoms with Crippen LogP contribution in [0.1, 0.15) is 36.6 Å². The quantitative estimate of drug-likeness (QED) is 0.710. The van der Waals surface area contributed by atoms with Crippen LogP contribution in [0.3, 0.4) is 0 Å². The summed E-state index contributed by atoms with van der Waals surface area (Å²) in [4.78, 5) is 23.6. The Labute approximate surface area is 151 Å². The van der Waals surface area contributed by atoms with Crippen molar-refractivity contribution >= 4 is 11.9 Å². The molecule has 0 saturated heterocycles. The number of benzene rings is 2. The maximum atomic E-state index is 13.8. The van der Waals surface area contributed by atoms with Gasteiger partial charge in [0, 0.05) is 0 Å². The van der Waals surface area contributed by atoms with Gasteiger partial charge in [0.1, 0.15) is 0 Å². The Morgan fingerprint density at radius 2 is 1.81 bits per heavy atom. The SMILES string of the molecule is COc1ccc([C@@H](C)NC(=O)C[C@@H](NC(N)=O)c2ccccc2)cc1F. The number of halogens is 1. The molecule has 26 heavy (non-hydrogen) atoms. The summed E-state index contributed by atoms with van der Waals surface area (Å²) in [6, 6.07) is 11.9. The molecule has 2 aromatic rings. The summed E-state index contributed by atoms with van der Waals surface area (Å²) in [6.45, 7) is 1.75. The molecule has 3 amide bonds. The van der Waals surface area contributed by atoms with Gasteiger partial charge in [-0.1, -0.05) is 36.4 Å². The number of primary amides is 1. The van der Waals surface area contributed by atoms with Crippen molar-refractivity contribution in [3.8, 4) is 5.75 Å². The van der Waals surface area contributed by atoms with Crippen molar-refractivity contribution < 1.29 is 18.7 Å². The van der Waals surface area contributed by atoms with E-state index in [9.17, 15) is 14.0 Å². The number of carbonyl (C=O) groups is 2. The second-order valence-corrected chi connectivity index (χ2v) is 5.86. The van der Waals surface area contributed by atoms with Gasteiger partial charge in [0.2, 0.25) is 5.91 Å². The number of amides is 3. The molecule has 0 aliphatic carbocycles. The molecule has 4 N–H and O–H groups in total. The Morgan fingerprint density at radius 1 is 1.12 bits per heavy atom. The van der Waals surface area contributed by atoms with Crippen LogP contribution in [0.5, 0.6) is 5.75 Å². The second-order valence-electron chi connectivity index (χ2n) is 5.86. The van der Waals surface area contributed by atoms with Crippen molar-refractivity contribution in [1.82, 2.24) is 10.6 Å². The highest BCUT2D eigenvalue weighted by Gasteiger charge is 2.19. The van der Waals surface area contributed by atoms with E-state index >= 15 is 0 Å². The molecule has 0 unspecified atom stereocenters. The Hall–Kier alpha value is -3.09. The summed E-state index contributed by atoms with van der Waals surface area (Å²) in [5.74, 6) is -0.651. The van der Waals surface area contributed by atoms with Gasteiger partial charge in [-0.15, -0.1) is 0 Å². The molecular formula is C19H22FN3O3. The summed E-state index contributed by atoms with van der Waals surface area (Å²) in [7, 11) is 1.39. The zero-order valence-electron chi connectivity index (χ0n) is 14.7. The van der Waals surface area contributed by atoms with Gasteiger partial charge in [0.15, 0.2) is 11.6 Å². The first-order valence-corrected chi connectivity index (χ1v) is 8.14. The molecule has 0 aliphatic rings. The van der Waals surface area contributed by atoms with Gasteiger partial charge in [-0.25, -0.2) is 9.18 Å². The lowest BCUT2D eigenvalue weighted by Crippen LogP contribution is -2.37. The second kappa shape index (κ2) is 8.84. The van der Waals surface area contributed by atoms with Crippen LogP contribution in [0.4, 0.5) is 9.18 Å². The normalized spacial score (nSPS) is 12.7. The number of urea groups is 1. The first kappa shape index (κ1) is 19.2. The molecule has 2 rings (SSSR count). The number of rotatable bonds is 7. The van der Waals surface area contributed by atoms with Gasteiger partial charge in [-0.05, 0) is 30.2 Å². The highest BCUT2D eigenvalue weighted by molar-refractivity contribution is 5.79. The van der Waals surface area contributed by atoms with E-state index < -0.39 is 23.9 Å². The fourth-order valence-electron chi connectivity index (χ4n) is 2.63. The minimum atomic E-state index is -0.711. The number of hydrogen-bond donors (Lipinski definition) is 3. The lowest BCUT2D eigenvalue weighted by atomic mass is 10.0. The number of ether oxygens (including phenoxy) is 1. The van der Waals surface area contributed by atoms with E-state index in [4.69, 9.17) is 10.5 Å². The van der Waals surface area contributed by atoms with Crippen LogP contribution < -0.4 is 21.1 Å². The number of methoxy groups -OCH3 is 1. The maximum absolute atomic E-state index is 13.8. The van der Waals surface area contributed by atoms with E-state index in [-0.39, 0.29) is 18.1 Å². The van der Waals surface area contributed by atoms with Crippen molar-refractivity contribution in [3.63, 3.8) is 0 Å². The van der Waals surface area contributed by atoms with Crippen LogP contribution in [0.15, 0.2) is 48.5 Å². The zero-order chi connectivity index (χ0) is 19.1. The van der Waals surface area contributed by atoms with Gasteiger partial charge in [0.05, 0.1) is 25.6 Å². The molecule has 0 spiro atoms. The summed E-state index contributed by atoms with van der Waals surface area (Å²) in [6.07, 6.45) is 0.00985. The Balaban J connectivity index is 2.05. The minimum absolute atomic E-state index is 0.00985. The molecule has 0 fully saturated rings. The molecule has 2 atom stereocenters. The van der Waals surface area contributed by atoms with E-state index in [1.807, 2.05) is 18.2 Å². The average molecular weight is 359 g/mol. The molecule has 7 heteroatoms. The molecule has 0 aromatic heterocycles. The third-order valence-electron chi connectivity index (χ3n) is 3.96. The zero-order valence-corrected chi connectivity index (χ0v) is 14.7. The summed E-state index contributed by atoms with van der Waals surface area (Å²) < 4.78 is 18.7. The van der Waals surface area contributed by atoms with Crippen LogP contribution in [0.2, 0.25) is 0 Å². The van der Waals surface area contributed by atoms with Gasteiger partial charge in [-0.2, -0.15) is 0 Å². The monoisotopic (exact) mass is 359 g/mol. The minimum Gasteiger partial charge on any atom is -0.494 e. The largest absolute Gasteiger partial charge is 0.494 e. The predicted octanol–water partition coefficient (Wildman–Crippen LogP) is 2.81. The van der Waals surface area contributed by atoms with Crippen LogP contribution in [0.25, 0.3) is 0 Å². The highest BCUT2D eigenvalue weighted by Crippen LogP contribution is 2.22. The van der Waals surface area contributed by atoms with Crippen molar-refractivity contribution in [2.24, 2.45) is 5.73 Å².